The van der Waals surface area contributed by atoms with Gasteiger partial charge in [-0.1, -0.05) is 11.8 Å². The Hall–Kier alpha value is -1.61. The summed E-state index contributed by atoms with van der Waals surface area (Å²) in [5, 5.41) is 9.13. The summed E-state index contributed by atoms with van der Waals surface area (Å²) in [6.07, 6.45) is 3.69. The van der Waals surface area contributed by atoms with E-state index >= 15 is 0 Å². The van der Waals surface area contributed by atoms with Crippen LogP contribution in [0.4, 0.5) is 0 Å². The molecule has 1 saturated carbocycles. The van der Waals surface area contributed by atoms with Gasteiger partial charge in [0, 0.05) is 36.5 Å². The highest BCUT2D eigenvalue weighted by molar-refractivity contribution is 7.99. The smallest absolute Gasteiger partial charge is 0.191 e. The molecule has 2 aliphatic rings. The number of ketones is 1. The fourth-order valence-electron chi connectivity index (χ4n) is 4.10. The maximum Gasteiger partial charge on any atom is 0.191 e. The van der Waals surface area contributed by atoms with E-state index in [2.05, 4.69) is 21.7 Å². The van der Waals surface area contributed by atoms with Crippen molar-refractivity contribution in [3.05, 3.63) is 28.8 Å². The zero-order valence-corrected chi connectivity index (χ0v) is 18.1. The molecule has 7 nitrogen and oxygen atoms in total. The zero-order valence-electron chi connectivity index (χ0n) is 16.5. The Morgan fingerprint density at radius 2 is 2.00 bits per heavy atom. The summed E-state index contributed by atoms with van der Waals surface area (Å²) in [6.45, 7) is 4.09. The lowest BCUT2D eigenvalue weighted by Gasteiger charge is -2.08. The number of carbonyl (C=O) groups is 1. The third kappa shape index (κ3) is 3.91. The number of rotatable bonds is 7. The van der Waals surface area contributed by atoms with Crippen LogP contribution >= 0.6 is 11.8 Å². The predicted molar refractivity (Wildman–Crippen MR) is 109 cm³/mol. The van der Waals surface area contributed by atoms with Crippen molar-refractivity contribution in [3.8, 4) is 0 Å². The molecule has 4 rings (SSSR count). The Balaban J connectivity index is 1.40. The molecule has 0 N–H and O–H groups in total. The van der Waals surface area contributed by atoms with Gasteiger partial charge in [0.25, 0.3) is 0 Å². The minimum absolute atomic E-state index is 0.108. The molecule has 2 aromatic heterocycles. The van der Waals surface area contributed by atoms with E-state index in [4.69, 9.17) is 0 Å². The van der Waals surface area contributed by atoms with Crippen molar-refractivity contribution in [1.82, 2.24) is 19.3 Å². The first kappa shape index (κ1) is 19.7. The van der Waals surface area contributed by atoms with Gasteiger partial charge in [0.1, 0.15) is 5.82 Å². The SMILES string of the molecule is Cc1cc(C(=O)CSc2nnc(C[C@@H]3CCS(=O)(=O)C3)n2C)c(C)n1C1CC1. The summed E-state index contributed by atoms with van der Waals surface area (Å²) < 4.78 is 27.5. The summed E-state index contributed by atoms with van der Waals surface area (Å²) in [5.74, 6) is 1.82. The third-order valence-electron chi connectivity index (χ3n) is 5.75. The highest BCUT2D eigenvalue weighted by Gasteiger charge is 2.30. The summed E-state index contributed by atoms with van der Waals surface area (Å²) in [5.41, 5.74) is 3.02. The first-order valence-corrected chi connectivity index (χ1v) is 12.5. The summed E-state index contributed by atoms with van der Waals surface area (Å²) in [6, 6.07) is 2.56. The predicted octanol–water partition coefficient (Wildman–Crippen LogP) is 2.52. The number of aryl methyl sites for hydroxylation is 1. The van der Waals surface area contributed by atoms with E-state index in [0.717, 1.165) is 22.8 Å². The van der Waals surface area contributed by atoms with Crippen molar-refractivity contribution in [2.75, 3.05) is 17.3 Å². The van der Waals surface area contributed by atoms with E-state index in [1.54, 1.807) is 0 Å². The second-order valence-electron chi connectivity index (χ2n) is 8.03. The Morgan fingerprint density at radius 3 is 2.64 bits per heavy atom. The number of sulfone groups is 1. The fraction of sp³-hybridized carbons (Fsp3) is 0.632. The minimum atomic E-state index is -2.89. The highest BCUT2D eigenvalue weighted by atomic mass is 32.2. The van der Waals surface area contributed by atoms with E-state index in [9.17, 15) is 13.2 Å². The topological polar surface area (TPSA) is 86.9 Å². The average molecular weight is 423 g/mol. The van der Waals surface area contributed by atoms with E-state index in [1.807, 2.05) is 24.6 Å². The quantitative estimate of drug-likeness (QED) is 0.503. The zero-order chi connectivity index (χ0) is 20.1. The van der Waals surface area contributed by atoms with Crippen molar-refractivity contribution in [2.45, 2.75) is 50.7 Å². The van der Waals surface area contributed by atoms with Gasteiger partial charge in [0.2, 0.25) is 0 Å². The summed E-state index contributed by atoms with van der Waals surface area (Å²) in [4.78, 5) is 12.8. The first-order valence-electron chi connectivity index (χ1n) is 9.68. The van der Waals surface area contributed by atoms with Crippen LogP contribution < -0.4 is 0 Å². The van der Waals surface area contributed by atoms with Crippen molar-refractivity contribution in [3.63, 3.8) is 0 Å². The monoisotopic (exact) mass is 422 g/mol. The fourth-order valence-corrected chi connectivity index (χ4v) is 6.78. The molecule has 0 amide bonds. The van der Waals surface area contributed by atoms with E-state index in [0.29, 0.717) is 29.8 Å². The second-order valence-corrected chi connectivity index (χ2v) is 11.2. The Bertz CT molecular complexity index is 1020. The number of aromatic nitrogens is 4. The van der Waals surface area contributed by atoms with Crippen molar-refractivity contribution in [2.24, 2.45) is 13.0 Å². The number of thioether (sulfide) groups is 1. The minimum Gasteiger partial charge on any atom is -0.345 e. The highest BCUT2D eigenvalue weighted by Crippen LogP contribution is 2.38. The van der Waals surface area contributed by atoms with Gasteiger partial charge < -0.3 is 9.13 Å². The first-order chi connectivity index (χ1) is 13.2. The molecule has 2 aromatic rings. The maximum atomic E-state index is 12.8. The number of hydrogen-bond donors (Lipinski definition) is 0. The molecule has 2 fully saturated rings. The van der Waals surface area contributed by atoms with E-state index < -0.39 is 9.84 Å². The van der Waals surface area contributed by atoms with Crippen LogP contribution in [-0.4, -0.2) is 50.8 Å². The molecule has 1 aliphatic heterocycles. The van der Waals surface area contributed by atoms with Gasteiger partial charge in [-0.05, 0) is 45.1 Å². The standard InChI is InChI=1S/C19H26N4O3S2/c1-12-8-16(13(2)23(12)15-4-5-15)17(24)10-27-19-21-20-18(22(19)3)9-14-6-7-28(25,26)11-14/h8,14-15H,4-7,9-11H2,1-3H3/t14-/m0/s1. The number of hydrogen-bond acceptors (Lipinski definition) is 6. The molecule has 0 unspecified atom stereocenters. The molecule has 0 aromatic carbocycles. The van der Waals surface area contributed by atoms with Crippen LogP contribution in [0.5, 0.6) is 0 Å². The van der Waals surface area contributed by atoms with Crippen LogP contribution in [0.2, 0.25) is 0 Å². The van der Waals surface area contributed by atoms with E-state index in [1.165, 1.54) is 24.6 Å². The normalized spacial score (nSPS) is 21.3. The van der Waals surface area contributed by atoms with Crippen LogP contribution in [0.25, 0.3) is 0 Å². The molecule has 28 heavy (non-hydrogen) atoms. The molecule has 152 valence electrons. The van der Waals surface area contributed by atoms with Crippen LogP contribution in [-0.2, 0) is 23.3 Å². The van der Waals surface area contributed by atoms with Crippen LogP contribution in [0.1, 0.15) is 52.9 Å². The Labute approximate surface area is 169 Å². The van der Waals surface area contributed by atoms with Gasteiger partial charge in [-0.2, -0.15) is 0 Å². The molecule has 1 saturated heterocycles. The maximum absolute atomic E-state index is 12.8. The number of carbonyl (C=O) groups excluding carboxylic acids is 1. The van der Waals surface area contributed by atoms with Crippen LogP contribution in [0, 0.1) is 19.8 Å². The lowest BCUT2D eigenvalue weighted by molar-refractivity contribution is 0.102. The second kappa shape index (κ2) is 7.33. The molecular formula is C19H26N4O3S2. The molecule has 1 atom stereocenters. The molecule has 0 bridgehead atoms. The van der Waals surface area contributed by atoms with Crippen LogP contribution in [0.15, 0.2) is 11.2 Å². The third-order valence-corrected chi connectivity index (χ3v) is 8.61. The summed E-state index contributed by atoms with van der Waals surface area (Å²) in [7, 11) is -1.01. The number of nitrogens with zero attached hydrogens (tertiary/aromatic N) is 4. The van der Waals surface area contributed by atoms with Crippen molar-refractivity contribution < 1.29 is 13.2 Å². The summed E-state index contributed by atoms with van der Waals surface area (Å²) >= 11 is 1.39. The van der Waals surface area contributed by atoms with E-state index in [-0.39, 0.29) is 23.2 Å². The molecule has 0 spiro atoms. The Morgan fingerprint density at radius 1 is 1.25 bits per heavy atom. The van der Waals surface area contributed by atoms with Gasteiger partial charge in [-0.3, -0.25) is 4.79 Å². The van der Waals surface area contributed by atoms with Crippen molar-refractivity contribution >= 4 is 27.4 Å². The van der Waals surface area contributed by atoms with Crippen LogP contribution in [0.3, 0.4) is 0 Å². The Kier molecular flexibility index (Phi) is 5.16. The van der Waals surface area contributed by atoms with Gasteiger partial charge >= 0.3 is 0 Å². The molecular weight excluding hydrogens is 396 g/mol. The average Bonchev–Trinajstić information content (AvgIpc) is 3.23. The largest absolute Gasteiger partial charge is 0.345 e. The number of Topliss-reactive ketones (excluding diaryl/α,β-unsaturated/α-hetero) is 1. The lowest BCUT2D eigenvalue weighted by Crippen LogP contribution is -2.11. The molecule has 3 heterocycles. The van der Waals surface area contributed by atoms with Crippen molar-refractivity contribution in [1.29, 1.82) is 0 Å². The lowest BCUT2D eigenvalue weighted by atomic mass is 10.1. The molecule has 9 heteroatoms. The van der Waals surface area contributed by atoms with Gasteiger partial charge in [-0.25, -0.2) is 8.42 Å². The van der Waals surface area contributed by atoms with Gasteiger partial charge in [0.05, 0.1) is 17.3 Å². The van der Waals surface area contributed by atoms with Gasteiger partial charge in [0.15, 0.2) is 20.8 Å². The van der Waals surface area contributed by atoms with Gasteiger partial charge in [-0.15, -0.1) is 10.2 Å². The molecule has 0 radical (unpaired) electrons. The molecule has 1 aliphatic carbocycles.